The van der Waals surface area contributed by atoms with E-state index in [9.17, 15) is 0 Å². The number of nitrogens with zero attached hydrogens (tertiary/aromatic N) is 2. The Labute approximate surface area is 130 Å². The first-order valence-electron chi connectivity index (χ1n) is 7.09. The van der Waals surface area contributed by atoms with Gasteiger partial charge in [0.15, 0.2) is 0 Å². The van der Waals surface area contributed by atoms with Crippen molar-refractivity contribution in [3.8, 4) is 0 Å². The van der Waals surface area contributed by atoms with Crippen molar-refractivity contribution >= 4 is 17.6 Å². The van der Waals surface area contributed by atoms with Crippen LogP contribution in [0.4, 0.5) is 5.82 Å². The van der Waals surface area contributed by atoms with Crippen molar-refractivity contribution in [2.24, 2.45) is 11.8 Å². The standard InChI is InChI=1S/C16H22N4S/c1-11(2)7-13-9-15(20-17)19-16(18-13)10-21-14-6-4-5-12(3)8-14/h4-6,8-9,11H,7,10,17H2,1-3H3,(H,18,19,20). The molecule has 2 aromatic rings. The molecular weight excluding hydrogens is 280 g/mol. The molecule has 21 heavy (non-hydrogen) atoms. The van der Waals surface area contributed by atoms with Gasteiger partial charge in [0.05, 0.1) is 5.75 Å². The number of hydrazine groups is 1. The van der Waals surface area contributed by atoms with Crippen molar-refractivity contribution in [1.82, 2.24) is 9.97 Å². The lowest BCUT2D eigenvalue weighted by molar-refractivity contribution is 0.632. The molecule has 3 N–H and O–H groups in total. The molecule has 0 aliphatic rings. The Bertz CT molecular complexity index is 599. The molecule has 0 unspecified atom stereocenters. The molecule has 0 amide bonds. The number of nitrogens with one attached hydrogen (secondary N) is 1. The highest BCUT2D eigenvalue weighted by Gasteiger charge is 2.07. The largest absolute Gasteiger partial charge is 0.308 e. The van der Waals surface area contributed by atoms with E-state index in [1.807, 2.05) is 6.07 Å². The fourth-order valence-corrected chi connectivity index (χ4v) is 2.94. The first-order valence-corrected chi connectivity index (χ1v) is 8.08. The number of hydrogen-bond acceptors (Lipinski definition) is 5. The van der Waals surface area contributed by atoms with Crippen molar-refractivity contribution in [3.63, 3.8) is 0 Å². The van der Waals surface area contributed by atoms with Gasteiger partial charge in [-0.2, -0.15) is 0 Å². The molecule has 0 spiro atoms. The molecule has 0 fully saturated rings. The Morgan fingerprint density at radius 3 is 2.71 bits per heavy atom. The first kappa shape index (κ1) is 15.8. The van der Waals surface area contributed by atoms with E-state index in [0.717, 1.165) is 23.7 Å². The molecule has 112 valence electrons. The van der Waals surface area contributed by atoms with Crippen LogP contribution in [0.5, 0.6) is 0 Å². The van der Waals surface area contributed by atoms with E-state index in [2.05, 4.69) is 60.4 Å². The number of aryl methyl sites for hydroxylation is 1. The fraction of sp³-hybridized carbons (Fsp3) is 0.375. The van der Waals surface area contributed by atoms with Crippen LogP contribution in [-0.2, 0) is 12.2 Å². The van der Waals surface area contributed by atoms with Crippen molar-refractivity contribution in [1.29, 1.82) is 0 Å². The van der Waals surface area contributed by atoms with Gasteiger partial charge in [0.2, 0.25) is 0 Å². The van der Waals surface area contributed by atoms with E-state index < -0.39 is 0 Å². The quantitative estimate of drug-likeness (QED) is 0.485. The lowest BCUT2D eigenvalue weighted by Crippen LogP contribution is -2.12. The predicted octanol–water partition coefficient (Wildman–Crippen LogP) is 3.56. The average molecular weight is 302 g/mol. The molecule has 0 aliphatic heterocycles. The van der Waals surface area contributed by atoms with Crippen LogP contribution in [0.1, 0.15) is 30.9 Å². The van der Waals surface area contributed by atoms with Crippen LogP contribution in [0.25, 0.3) is 0 Å². The number of rotatable bonds is 6. The van der Waals surface area contributed by atoms with Gasteiger partial charge in [0.25, 0.3) is 0 Å². The molecule has 1 heterocycles. The zero-order valence-electron chi connectivity index (χ0n) is 12.8. The van der Waals surface area contributed by atoms with Crippen molar-refractivity contribution in [2.75, 3.05) is 5.43 Å². The molecule has 1 aromatic carbocycles. The van der Waals surface area contributed by atoms with Crippen LogP contribution in [0.15, 0.2) is 35.2 Å². The summed E-state index contributed by atoms with van der Waals surface area (Å²) in [6.45, 7) is 6.46. The Balaban J connectivity index is 2.11. The minimum atomic E-state index is 0.558. The smallest absolute Gasteiger partial charge is 0.143 e. The summed E-state index contributed by atoms with van der Waals surface area (Å²) in [4.78, 5) is 10.3. The Morgan fingerprint density at radius 2 is 2.05 bits per heavy atom. The van der Waals surface area contributed by atoms with Gasteiger partial charge in [-0.15, -0.1) is 11.8 Å². The summed E-state index contributed by atoms with van der Waals surface area (Å²) in [7, 11) is 0. The molecule has 0 saturated heterocycles. The monoisotopic (exact) mass is 302 g/mol. The molecule has 0 aliphatic carbocycles. The minimum Gasteiger partial charge on any atom is -0.308 e. The third-order valence-electron chi connectivity index (χ3n) is 2.95. The van der Waals surface area contributed by atoms with Gasteiger partial charge in [-0.25, -0.2) is 15.8 Å². The highest BCUT2D eigenvalue weighted by molar-refractivity contribution is 7.98. The zero-order chi connectivity index (χ0) is 15.2. The van der Waals surface area contributed by atoms with Crippen LogP contribution < -0.4 is 11.3 Å². The molecule has 5 heteroatoms. The second-order valence-electron chi connectivity index (χ2n) is 5.51. The number of thioether (sulfide) groups is 1. The van der Waals surface area contributed by atoms with Crippen LogP contribution >= 0.6 is 11.8 Å². The van der Waals surface area contributed by atoms with Crippen molar-refractivity contribution < 1.29 is 0 Å². The third kappa shape index (κ3) is 5.02. The maximum atomic E-state index is 5.50. The Hall–Kier alpha value is -1.59. The minimum absolute atomic E-state index is 0.558. The highest BCUT2D eigenvalue weighted by atomic mass is 32.2. The topological polar surface area (TPSA) is 63.8 Å². The second-order valence-corrected chi connectivity index (χ2v) is 6.56. The summed E-state index contributed by atoms with van der Waals surface area (Å²) in [6, 6.07) is 10.4. The Kier molecular flexibility index (Phi) is 5.59. The number of aromatic nitrogens is 2. The van der Waals surface area contributed by atoms with Crippen LogP contribution in [0, 0.1) is 12.8 Å². The lowest BCUT2D eigenvalue weighted by atomic mass is 10.1. The molecule has 0 bridgehead atoms. The van der Waals surface area contributed by atoms with E-state index >= 15 is 0 Å². The van der Waals surface area contributed by atoms with Gasteiger partial charge < -0.3 is 5.43 Å². The highest BCUT2D eigenvalue weighted by Crippen LogP contribution is 2.23. The SMILES string of the molecule is Cc1cccc(SCc2nc(CC(C)C)cc(NN)n2)c1. The number of benzene rings is 1. The Morgan fingerprint density at radius 1 is 1.24 bits per heavy atom. The van der Waals surface area contributed by atoms with Gasteiger partial charge in [-0.05, 0) is 31.4 Å². The molecule has 1 aromatic heterocycles. The summed E-state index contributed by atoms with van der Waals surface area (Å²) < 4.78 is 0. The first-order chi connectivity index (χ1) is 10.1. The van der Waals surface area contributed by atoms with Crippen LogP contribution in [-0.4, -0.2) is 9.97 Å². The third-order valence-corrected chi connectivity index (χ3v) is 3.94. The molecule has 2 rings (SSSR count). The normalized spacial score (nSPS) is 10.9. The predicted molar refractivity (Wildman–Crippen MR) is 89.1 cm³/mol. The molecular formula is C16H22N4S. The lowest BCUT2D eigenvalue weighted by Gasteiger charge is -2.09. The van der Waals surface area contributed by atoms with Gasteiger partial charge >= 0.3 is 0 Å². The number of nitrogen functional groups attached to an aromatic ring is 1. The van der Waals surface area contributed by atoms with E-state index in [1.165, 1.54) is 10.5 Å². The molecule has 4 nitrogen and oxygen atoms in total. The molecule has 0 saturated carbocycles. The molecule has 0 atom stereocenters. The summed E-state index contributed by atoms with van der Waals surface area (Å²) in [5.74, 6) is 8.29. The van der Waals surface area contributed by atoms with Gasteiger partial charge in [0, 0.05) is 16.7 Å². The fourth-order valence-electron chi connectivity index (χ4n) is 2.07. The summed E-state index contributed by atoms with van der Waals surface area (Å²) in [5.41, 5.74) is 4.93. The number of hydrogen-bond donors (Lipinski definition) is 2. The van der Waals surface area contributed by atoms with Crippen molar-refractivity contribution in [2.45, 2.75) is 37.8 Å². The van der Waals surface area contributed by atoms with Crippen molar-refractivity contribution in [3.05, 3.63) is 47.4 Å². The van der Waals surface area contributed by atoms with Crippen LogP contribution in [0.3, 0.4) is 0 Å². The number of anilines is 1. The number of nitrogens with two attached hydrogens (primary N) is 1. The second kappa shape index (κ2) is 7.43. The van der Waals surface area contributed by atoms with E-state index in [1.54, 1.807) is 11.8 Å². The van der Waals surface area contributed by atoms with Crippen LogP contribution in [0.2, 0.25) is 0 Å². The maximum absolute atomic E-state index is 5.50. The maximum Gasteiger partial charge on any atom is 0.143 e. The van der Waals surface area contributed by atoms with Gasteiger partial charge in [-0.1, -0.05) is 31.5 Å². The summed E-state index contributed by atoms with van der Waals surface area (Å²) in [6.07, 6.45) is 0.930. The van der Waals surface area contributed by atoms with E-state index in [0.29, 0.717) is 11.7 Å². The summed E-state index contributed by atoms with van der Waals surface area (Å²) >= 11 is 1.74. The average Bonchev–Trinajstić information content (AvgIpc) is 2.44. The van der Waals surface area contributed by atoms with E-state index in [4.69, 9.17) is 5.84 Å². The zero-order valence-corrected chi connectivity index (χ0v) is 13.6. The summed E-state index contributed by atoms with van der Waals surface area (Å²) in [5, 5.41) is 0. The van der Waals surface area contributed by atoms with Gasteiger partial charge in [-0.3, -0.25) is 0 Å². The molecule has 0 radical (unpaired) electrons. The van der Waals surface area contributed by atoms with E-state index in [-0.39, 0.29) is 0 Å². The van der Waals surface area contributed by atoms with Gasteiger partial charge in [0.1, 0.15) is 11.6 Å².